The molecular weight excluding hydrogens is 487 g/mol. The summed E-state index contributed by atoms with van der Waals surface area (Å²) in [6.45, 7) is 3.93. The number of hydrogen-bond acceptors (Lipinski definition) is 4. The van der Waals surface area contributed by atoms with Crippen molar-refractivity contribution in [2.75, 3.05) is 10.2 Å². The van der Waals surface area contributed by atoms with Gasteiger partial charge in [-0.15, -0.1) is 0 Å². The Labute approximate surface area is 205 Å². The lowest BCUT2D eigenvalue weighted by atomic mass is 10.1. The number of carbonyl (C=O) groups is 2. The first-order valence-corrected chi connectivity index (χ1v) is 11.6. The van der Waals surface area contributed by atoms with Gasteiger partial charge in [0.2, 0.25) is 0 Å². The first-order valence-electron chi connectivity index (χ1n) is 9.61. The highest BCUT2D eigenvalue weighted by atomic mass is 35.5. The maximum absolute atomic E-state index is 13.5. The molecule has 0 spiro atoms. The van der Waals surface area contributed by atoms with E-state index in [-0.39, 0.29) is 26.3 Å². The van der Waals surface area contributed by atoms with Crippen LogP contribution in [0.1, 0.15) is 11.1 Å². The number of thioether (sulfide) groups is 1. The Morgan fingerprint density at radius 1 is 0.875 bits per heavy atom. The van der Waals surface area contributed by atoms with Crippen LogP contribution in [-0.4, -0.2) is 11.8 Å². The Bertz CT molecular complexity index is 1270. The third-order valence-corrected chi connectivity index (χ3v) is 7.04. The van der Waals surface area contributed by atoms with E-state index in [1.165, 1.54) is 11.8 Å². The van der Waals surface area contributed by atoms with Gasteiger partial charge in [-0.05, 0) is 61.9 Å². The molecule has 3 aromatic rings. The predicted octanol–water partition coefficient (Wildman–Crippen LogP) is 7.25. The molecule has 1 N–H and O–H groups in total. The quantitative estimate of drug-likeness (QED) is 0.372. The zero-order valence-electron chi connectivity index (χ0n) is 17.1. The summed E-state index contributed by atoms with van der Waals surface area (Å²) < 4.78 is 0. The van der Waals surface area contributed by atoms with Crippen molar-refractivity contribution < 1.29 is 9.59 Å². The standard InChI is InChI=1S/C24H17Cl3N2O2S/c1-13-6-11-18(14(2)12-13)28-21-22(32-16-9-7-15(25)8-10-16)24(31)29(23(21)30)19-5-3-4-17(26)20(19)27/h3-12,28H,1-2H3. The first-order chi connectivity index (χ1) is 15.3. The van der Waals surface area contributed by atoms with E-state index in [1.54, 1.807) is 42.5 Å². The van der Waals surface area contributed by atoms with Gasteiger partial charge in [-0.25, -0.2) is 4.90 Å². The minimum atomic E-state index is -0.504. The van der Waals surface area contributed by atoms with Crippen LogP contribution in [0.15, 0.2) is 76.2 Å². The maximum Gasteiger partial charge on any atom is 0.283 e. The Morgan fingerprint density at radius 2 is 1.59 bits per heavy atom. The highest BCUT2D eigenvalue weighted by molar-refractivity contribution is 8.04. The number of hydrogen-bond donors (Lipinski definition) is 1. The van der Waals surface area contributed by atoms with Gasteiger partial charge in [0.15, 0.2) is 0 Å². The number of aryl methyl sites for hydroxylation is 2. The molecule has 32 heavy (non-hydrogen) atoms. The van der Waals surface area contributed by atoms with Crippen molar-refractivity contribution in [3.8, 4) is 0 Å². The summed E-state index contributed by atoms with van der Waals surface area (Å²) in [5.41, 5.74) is 3.20. The van der Waals surface area contributed by atoms with E-state index < -0.39 is 11.8 Å². The number of nitrogens with zero attached hydrogens (tertiary/aromatic N) is 1. The van der Waals surface area contributed by atoms with E-state index in [9.17, 15) is 9.59 Å². The van der Waals surface area contributed by atoms with Crippen LogP contribution in [0.3, 0.4) is 0 Å². The summed E-state index contributed by atoms with van der Waals surface area (Å²) >= 11 is 19.7. The lowest BCUT2D eigenvalue weighted by Gasteiger charge is -2.17. The SMILES string of the molecule is Cc1ccc(NC2=C(Sc3ccc(Cl)cc3)C(=O)N(c3cccc(Cl)c3Cl)C2=O)c(C)c1. The zero-order valence-corrected chi connectivity index (χ0v) is 20.2. The van der Waals surface area contributed by atoms with Gasteiger partial charge in [0.05, 0.1) is 15.7 Å². The minimum absolute atomic E-state index is 0.138. The second-order valence-corrected chi connectivity index (χ2v) is 9.53. The van der Waals surface area contributed by atoms with E-state index in [0.717, 1.165) is 26.6 Å². The molecule has 4 nitrogen and oxygen atoms in total. The Balaban J connectivity index is 1.79. The van der Waals surface area contributed by atoms with E-state index in [0.29, 0.717) is 5.02 Å². The fraction of sp³-hybridized carbons (Fsp3) is 0.0833. The third kappa shape index (κ3) is 4.39. The summed E-state index contributed by atoms with van der Waals surface area (Å²) in [6.07, 6.45) is 0. The van der Waals surface area contributed by atoms with Gasteiger partial charge in [0.1, 0.15) is 10.6 Å². The molecule has 0 saturated heterocycles. The van der Waals surface area contributed by atoms with Crippen molar-refractivity contribution in [2.24, 2.45) is 0 Å². The van der Waals surface area contributed by atoms with Crippen LogP contribution in [0.4, 0.5) is 11.4 Å². The van der Waals surface area contributed by atoms with Crippen molar-refractivity contribution in [3.63, 3.8) is 0 Å². The summed E-state index contributed by atoms with van der Waals surface area (Å²) in [5, 5.41) is 4.15. The monoisotopic (exact) mass is 502 g/mol. The lowest BCUT2D eigenvalue weighted by Crippen LogP contribution is -2.32. The molecule has 0 bridgehead atoms. The van der Waals surface area contributed by atoms with Crippen LogP contribution in [-0.2, 0) is 9.59 Å². The smallest absolute Gasteiger partial charge is 0.283 e. The minimum Gasteiger partial charge on any atom is -0.350 e. The van der Waals surface area contributed by atoms with Crippen molar-refractivity contribution in [2.45, 2.75) is 18.7 Å². The third-order valence-electron chi connectivity index (χ3n) is 4.89. The van der Waals surface area contributed by atoms with Crippen LogP contribution in [0, 0.1) is 13.8 Å². The Hall–Kier alpha value is -2.44. The molecule has 8 heteroatoms. The van der Waals surface area contributed by atoms with Crippen LogP contribution in [0.2, 0.25) is 15.1 Å². The van der Waals surface area contributed by atoms with Crippen LogP contribution in [0.5, 0.6) is 0 Å². The molecule has 1 heterocycles. The van der Waals surface area contributed by atoms with E-state index in [4.69, 9.17) is 34.8 Å². The normalized spacial score (nSPS) is 13.8. The molecule has 0 unspecified atom stereocenters. The second kappa shape index (κ2) is 9.20. The molecule has 3 aromatic carbocycles. The van der Waals surface area contributed by atoms with Gasteiger partial charge < -0.3 is 5.32 Å². The predicted molar refractivity (Wildman–Crippen MR) is 133 cm³/mol. The van der Waals surface area contributed by atoms with Gasteiger partial charge in [-0.2, -0.15) is 0 Å². The van der Waals surface area contributed by atoms with Gasteiger partial charge in [0.25, 0.3) is 11.8 Å². The van der Waals surface area contributed by atoms with Gasteiger partial charge in [-0.3, -0.25) is 9.59 Å². The van der Waals surface area contributed by atoms with E-state index in [1.807, 2.05) is 32.0 Å². The molecule has 0 atom stereocenters. The van der Waals surface area contributed by atoms with Gasteiger partial charge >= 0.3 is 0 Å². The molecule has 0 fully saturated rings. The zero-order chi connectivity index (χ0) is 23.0. The summed E-state index contributed by atoms with van der Waals surface area (Å²) in [4.78, 5) is 29.0. The molecule has 0 aliphatic carbocycles. The van der Waals surface area contributed by atoms with E-state index in [2.05, 4.69) is 5.32 Å². The van der Waals surface area contributed by atoms with Crippen molar-refractivity contribution >= 4 is 69.8 Å². The number of rotatable bonds is 5. The van der Waals surface area contributed by atoms with Gasteiger partial charge in [-0.1, -0.05) is 70.3 Å². The number of amides is 2. The molecule has 1 aliphatic rings. The van der Waals surface area contributed by atoms with Gasteiger partial charge in [0, 0.05) is 15.6 Å². The number of imide groups is 1. The number of anilines is 2. The lowest BCUT2D eigenvalue weighted by molar-refractivity contribution is -0.120. The molecule has 0 radical (unpaired) electrons. The highest BCUT2D eigenvalue weighted by Gasteiger charge is 2.41. The topological polar surface area (TPSA) is 49.4 Å². The van der Waals surface area contributed by atoms with Crippen molar-refractivity contribution in [3.05, 3.63) is 97.5 Å². The number of halogens is 3. The molecule has 4 rings (SSSR count). The fourth-order valence-electron chi connectivity index (χ4n) is 3.31. The van der Waals surface area contributed by atoms with Crippen LogP contribution in [0.25, 0.3) is 0 Å². The molecule has 0 saturated carbocycles. The molecule has 0 aromatic heterocycles. The molecule has 2 amide bonds. The molecule has 162 valence electrons. The Morgan fingerprint density at radius 3 is 2.28 bits per heavy atom. The molecular formula is C24H17Cl3N2O2S. The summed E-state index contributed by atoms with van der Waals surface area (Å²) in [6, 6.07) is 17.7. The summed E-state index contributed by atoms with van der Waals surface area (Å²) in [7, 11) is 0. The average molecular weight is 504 g/mol. The number of benzene rings is 3. The van der Waals surface area contributed by atoms with Crippen LogP contribution >= 0.6 is 46.6 Å². The van der Waals surface area contributed by atoms with E-state index >= 15 is 0 Å². The van der Waals surface area contributed by atoms with Crippen molar-refractivity contribution in [1.29, 1.82) is 0 Å². The Kier molecular flexibility index (Phi) is 6.54. The number of nitrogens with one attached hydrogen (secondary N) is 1. The fourth-order valence-corrected chi connectivity index (χ4v) is 4.74. The molecule has 1 aliphatic heterocycles. The average Bonchev–Trinajstić information content (AvgIpc) is 2.97. The maximum atomic E-state index is 13.5. The first kappa shape index (κ1) is 22.7. The largest absolute Gasteiger partial charge is 0.350 e. The summed E-state index contributed by atoms with van der Waals surface area (Å²) in [5.74, 6) is -0.984. The van der Waals surface area contributed by atoms with Crippen LogP contribution < -0.4 is 10.2 Å². The number of carbonyl (C=O) groups excluding carboxylic acids is 2. The highest BCUT2D eigenvalue weighted by Crippen LogP contribution is 2.41. The second-order valence-electron chi connectivity index (χ2n) is 7.22. The van der Waals surface area contributed by atoms with Crippen molar-refractivity contribution in [1.82, 2.24) is 0 Å².